The fourth-order valence-corrected chi connectivity index (χ4v) is 4.69. The number of nitrogens with zero attached hydrogens (tertiary/aromatic N) is 1. The van der Waals surface area contributed by atoms with Gasteiger partial charge in [-0.05, 0) is 60.9 Å². The lowest BCUT2D eigenvalue weighted by Crippen LogP contribution is -2.41. The van der Waals surface area contributed by atoms with Gasteiger partial charge in [-0.3, -0.25) is 9.10 Å². The molecule has 3 rings (SSSR count). The summed E-state index contributed by atoms with van der Waals surface area (Å²) in [5.74, 6) is -0.412. The number of hydrogen-bond donors (Lipinski definition) is 1. The molecule has 1 N–H and O–H groups in total. The lowest BCUT2D eigenvalue weighted by molar-refractivity contribution is -0.119. The molecule has 0 saturated carbocycles. The molecule has 8 heteroatoms. The fourth-order valence-electron chi connectivity index (χ4n) is 2.96. The molecular weight excluding hydrogens is 455 g/mol. The molecule has 0 heterocycles. The number of nitrogens with one attached hydrogen (secondary N) is 1. The third kappa shape index (κ3) is 6.00. The molecule has 0 atom stereocenters. The summed E-state index contributed by atoms with van der Waals surface area (Å²) in [6.45, 7) is 1.83. The van der Waals surface area contributed by atoms with E-state index in [1.54, 1.807) is 48.5 Å². The molecule has 0 saturated heterocycles. The van der Waals surface area contributed by atoms with Crippen LogP contribution in [0.5, 0.6) is 0 Å². The predicted molar refractivity (Wildman–Crippen MR) is 125 cm³/mol. The SMILES string of the molecule is Cc1ccc(N(CC(=O)NCCc2ccc(Cl)cc2)S(=O)(=O)c2ccccc2)cc1Cl. The van der Waals surface area contributed by atoms with Gasteiger partial charge >= 0.3 is 0 Å². The highest BCUT2D eigenvalue weighted by atomic mass is 35.5. The minimum atomic E-state index is -3.96. The van der Waals surface area contributed by atoms with E-state index in [-0.39, 0.29) is 11.4 Å². The number of anilines is 1. The lowest BCUT2D eigenvalue weighted by atomic mass is 10.1. The number of rotatable bonds is 8. The third-order valence-corrected chi connectivity index (χ3v) is 7.16. The first kappa shape index (κ1) is 23.1. The molecule has 3 aromatic carbocycles. The van der Waals surface area contributed by atoms with Crippen LogP contribution < -0.4 is 9.62 Å². The van der Waals surface area contributed by atoms with Crippen LogP contribution in [0.2, 0.25) is 10.0 Å². The lowest BCUT2D eigenvalue weighted by Gasteiger charge is -2.24. The molecule has 0 aromatic heterocycles. The van der Waals surface area contributed by atoms with E-state index in [1.807, 2.05) is 19.1 Å². The number of carbonyl (C=O) groups is 1. The quantitative estimate of drug-likeness (QED) is 0.504. The van der Waals surface area contributed by atoms with E-state index in [4.69, 9.17) is 23.2 Å². The molecule has 0 aliphatic rings. The number of sulfonamides is 1. The van der Waals surface area contributed by atoms with Crippen molar-refractivity contribution in [2.75, 3.05) is 17.4 Å². The Morgan fingerprint density at radius 2 is 1.65 bits per heavy atom. The number of benzene rings is 3. The van der Waals surface area contributed by atoms with Crippen LogP contribution >= 0.6 is 23.2 Å². The second-order valence-electron chi connectivity index (χ2n) is 6.98. The van der Waals surface area contributed by atoms with Crippen molar-refractivity contribution in [1.29, 1.82) is 0 Å². The number of hydrogen-bond acceptors (Lipinski definition) is 3. The van der Waals surface area contributed by atoms with E-state index in [9.17, 15) is 13.2 Å². The summed E-state index contributed by atoms with van der Waals surface area (Å²) in [4.78, 5) is 12.7. The van der Waals surface area contributed by atoms with Crippen molar-refractivity contribution in [3.8, 4) is 0 Å². The number of carbonyl (C=O) groups excluding carboxylic acids is 1. The zero-order chi connectivity index (χ0) is 22.4. The molecule has 0 aliphatic heterocycles. The molecule has 0 radical (unpaired) electrons. The molecule has 31 heavy (non-hydrogen) atoms. The first-order valence-corrected chi connectivity index (χ1v) is 11.8. The predicted octanol–water partition coefficient (Wildman–Crippen LogP) is 4.86. The Hall–Kier alpha value is -2.54. The monoisotopic (exact) mass is 476 g/mol. The fraction of sp³-hybridized carbons (Fsp3) is 0.174. The summed E-state index contributed by atoms with van der Waals surface area (Å²) in [7, 11) is -3.96. The zero-order valence-electron chi connectivity index (χ0n) is 16.9. The van der Waals surface area contributed by atoms with E-state index in [0.717, 1.165) is 15.4 Å². The second kappa shape index (κ2) is 10.2. The van der Waals surface area contributed by atoms with Gasteiger partial charge in [-0.2, -0.15) is 0 Å². The minimum absolute atomic E-state index is 0.0978. The zero-order valence-corrected chi connectivity index (χ0v) is 19.2. The van der Waals surface area contributed by atoms with Crippen molar-refractivity contribution in [3.05, 3.63) is 94.0 Å². The highest BCUT2D eigenvalue weighted by molar-refractivity contribution is 7.92. The van der Waals surface area contributed by atoms with Gasteiger partial charge in [-0.15, -0.1) is 0 Å². The topological polar surface area (TPSA) is 66.5 Å². The molecule has 3 aromatic rings. The number of halogens is 2. The van der Waals surface area contributed by atoms with Gasteiger partial charge in [-0.25, -0.2) is 8.42 Å². The molecule has 0 bridgehead atoms. The van der Waals surface area contributed by atoms with Crippen LogP contribution in [0.15, 0.2) is 77.7 Å². The smallest absolute Gasteiger partial charge is 0.264 e. The summed E-state index contributed by atoms with van der Waals surface area (Å²) >= 11 is 12.1. The van der Waals surface area contributed by atoms with Crippen molar-refractivity contribution in [2.24, 2.45) is 0 Å². The van der Waals surface area contributed by atoms with Gasteiger partial charge in [0.15, 0.2) is 0 Å². The number of aryl methyl sites for hydroxylation is 1. The van der Waals surface area contributed by atoms with Crippen molar-refractivity contribution in [1.82, 2.24) is 5.32 Å². The van der Waals surface area contributed by atoms with Crippen molar-refractivity contribution in [3.63, 3.8) is 0 Å². The molecule has 0 unspecified atom stereocenters. The Labute approximate surface area is 192 Å². The highest BCUT2D eigenvalue weighted by Crippen LogP contribution is 2.27. The standard InChI is InChI=1S/C23H22Cl2N2O3S/c1-17-7-12-20(15-22(17)25)27(31(29,30)21-5-3-2-4-6-21)16-23(28)26-14-13-18-8-10-19(24)11-9-18/h2-12,15H,13-14,16H2,1H3,(H,26,28). The molecule has 162 valence electrons. The highest BCUT2D eigenvalue weighted by Gasteiger charge is 2.27. The van der Waals surface area contributed by atoms with Crippen LogP contribution in [-0.2, 0) is 21.2 Å². The van der Waals surface area contributed by atoms with E-state index in [0.29, 0.717) is 28.7 Å². The van der Waals surface area contributed by atoms with Gasteiger partial charge in [0.05, 0.1) is 10.6 Å². The summed E-state index contributed by atoms with van der Waals surface area (Å²) in [6.07, 6.45) is 0.602. The first-order valence-electron chi connectivity index (χ1n) is 9.62. The van der Waals surface area contributed by atoms with E-state index < -0.39 is 15.9 Å². The van der Waals surface area contributed by atoms with Gasteiger partial charge in [0, 0.05) is 16.6 Å². The molecule has 0 spiro atoms. The largest absolute Gasteiger partial charge is 0.354 e. The van der Waals surface area contributed by atoms with Crippen LogP contribution in [0.4, 0.5) is 5.69 Å². The van der Waals surface area contributed by atoms with Gasteiger partial charge in [0.2, 0.25) is 5.91 Å². The van der Waals surface area contributed by atoms with Crippen LogP contribution in [-0.4, -0.2) is 27.4 Å². The van der Waals surface area contributed by atoms with Crippen LogP contribution in [0.1, 0.15) is 11.1 Å². The molecule has 0 fully saturated rings. The average molecular weight is 477 g/mol. The Bertz CT molecular complexity index is 1150. The first-order chi connectivity index (χ1) is 14.8. The van der Waals surface area contributed by atoms with Crippen molar-refractivity contribution >= 4 is 44.8 Å². The Kier molecular flexibility index (Phi) is 7.59. The average Bonchev–Trinajstić information content (AvgIpc) is 2.76. The van der Waals surface area contributed by atoms with E-state index in [2.05, 4.69) is 5.32 Å². The maximum atomic E-state index is 13.3. The molecule has 5 nitrogen and oxygen atoms in total. The summed E-state index contributed by atoms with van der Waals surface area (Å²) < 4.78 is 27.6. The van der Waals surface area contributed by atoms with Crippen LogP contribution in [0.3, 0.4) is 0 Å². The Morgan fingerprint density at radius 3 is 2.29 bits per heavy atom. The van der Waals surface area contributed by atoms with Crippen LogP contribution in [0, 0.1) is 6.92 Å². The summed E-state index contributed by atoms with van der Waals surface area (Å²) in [5, 5.41) is 3.85. The Morgan fingerprint density at radius 1 is 0.968 bits per heavy atom. The maximum absolute atomic E-state index is 13.3. The molecule has 0 aliphatic carbocycles. The summed E-state index contributed by atoms with van der Waals surface area (Å²) in [6, 6.07) is 20.3. The number of amides is 1. The Balaban J connectivity index is 1.78. The maximum Gasteiger partial charge on any atom is 0.264 e. The van der Waals surface area contributed by atoms with E-state index in [1.165, 1.54) is 12.1 Å². The van der Waals surface area contributed by atoms with Crippen molar-refractivity contribution in [2.45, 2.75) is 18.2 Å². The summed E-state index contributed by atoms with van der Waals surface area (Å²) in [5.41, 5.74) is 2.16. The second-order valence-corrected chi connectivity index (χ2v) is 9.69. The third-order valence-electron chi connectivity index (χ3n) is 4.71. The van der Waals surface area contributed by atoms with Crippen LogP contribution in [0.25, 0.3) is 0 Å². The van der Waals surface area contributed by atoms with E-state index >= 15 is 0 Å². The van der Waals surface area contributed by atoms with Gasteiger partial charge in [0.1, 0.15) is 6.54 Å². The van der Waals surface area contributed by atoms with Gasteiger partial charge < -0.3 is 5.32 Å². The van der Waals surface area contributed by atoms with Gasteiger partial charge in [-0.1, -0.05) is 59.6 Å². The van der Waals surface area contributed by atoms with Gasteiger partial charge in [0.25, 0.3) is 10.0 Å². The normalized spacial score (nSPS) is 11.2. The van der Waals surface area contributed by atoms with Crippen molar-refractivity contribution < 1.29 is 13.2 Å². The molecule has 1 amide bonds. The minimum Gasteiger partial charge on any atom is -0.354 e. The molecular formula is C23H22Cl2N2O3S.